The molecular formula is C56H88O6. The average Bonchev–Trinajstić information content (AvgIpc) is 3.27. The van der Waals surface area contributed by atoms with Gasteiger partial charge < -0.3 is 14.2 Å². The fraction of sp³-hybridized carbons (Fsp3) is 0.589. The Bertz CT molecular complexity index is 1350. The van der Waals surface area contributed by atoms with E-state index in [1.54, 1.807) is 0 Å². The highest BCUT2D eigenvalue weighted by Gasteiger charge is 2.19. The standard InChI is InChI=1S/C56H88O6/c1-4-7-10-13-16-19-22-24-26-28-29-31-32-34-37-40-43-46-49-55(58)61-52-53(51-60-54(57)48-45-42-39-36-21-18-15-12-9-6-3)62-56(59)50-47-44-41-38-35-33-30-27-25-23-20-17-14-11-8-5-2/h8,11,15-20,22,24-29,31,33,35,41,44,53H,4-7,9-10,12-14,21,23,30,32,34,36-40,42-43,45-52H2,1-3H3/b11-8-,18-15-,19-16-,20-17-,24-22-,27-25-,28-26-,31-29-,35-33-,44-41-. The molecule has 1 atom stereocenters. The Morgan fingerprint density at radius 3 is 1.24 bits per heavy atom. The molecule has 0 aromatic heterocycles. The van der Waals surface area contributed by atoms with Gasteiger partial charge in [-0.15, -0.1) is 0 Å². The number of rotatable bonds is 42. The molecular weight excluding hydrogens is 769 g/mol. The van der Waals surface area contributed by atoms with Crippen LogP contribution in [0.4, 0.5) is 0 Å². The lowest BCUT2D eigenvalue weighted by Gasteiger charge is -2.18. The first-order valence-electron chi connectivity index (χ1n) is 24.6. The van der Waals surface area contributed by atoms with Crippen LogP contribution in [0.5, 0.6) is 0 Å². The molecule has 0 aliphatic carbocycles. The highest BCUT2D eigenvalue weighted by molar-refractivity contribution is 5.71. The molecule has 0 heterocycles. The van der Waals surface area contributed by atoms with E-state index in [2.05, 4.69) is 130 Å². The summed E-state index contributed by atoms with van der Waals surface area (Å²) >= 11 is 0. The molecule has 0 N–H and O–H groups in total. The Morgan fingerprint density at radius 1 is 0.355 bits per heavy atom. The van der Waals surface area contributed by atoms with Crippen LogP contribution in [0.15, 0.2) is 122 Å². The van der Waals surface area contributed by atoms with Crippen LogP contribution in [0.25, 0.3) is 0 Å². The normalized spacial score (nSPS) is 13.1. The minimum atomic E-state index is -0.834. The van der Waals surface area contributed by atoms with Gasteiger partial charge in [0.05, 0.1) is 0 Å². The topological polar surface area (TPSA) is 78.9 Å². The van der Waals surface area contributed by atoms with Crippen LogP contribution in [0.1, 0.15) is 194 Å². The van der Waals surface area contributed by atoms with Crippen molar-refractivity contribution in [2.24, 2.45) is 0 Å². The Hall–Kier alpha value is -4.19. The zero-order chi connectivity index (χ0) is 45.1. The summed E-state index contributed by atoms with van der Waals surface area (Å²) in [6.07, 6.45) is 67.6. The first kappa shape index (κ1) is 57.8. The molecule has 1 unspecified atom stereocenters. The molecule has 0 saturated carbocycles. The Kier molecular flexibility index (Phi) is 46.1. The number of ether oxygens (including phenoxy) is 3. The quantitative estimate of drug-likeness (QED) is 0.0200. The monoisotopic (exact) mass is 857 g/mol. The number of esters is 3. The van der Waals surface area contributed by atoms with E-state index in [4.69, 9.17) is 14.2 Å². The first-order chi connectivity index (χ1) is 30.5. The van der Waals surface area contributed by atoms with Gasteiger partial charge in [0.15, 0.2) is 6.10 Å². The molecule has 0 saturated heterocycles. The number of allylic oxidation sites excluding steroid dienone is 20. The third kappa shape index (κ3) is 46.9. The van der Waals surface area contributed by atoms with Crippen molar-refractivity contribution in [1.82, 2.24) is 0 Å². The van der Waals surface area contributed by atoms with Gasteiger partial charge in [-0.05, 0) is 96.3 Å². The zero-order valence-corrected chi connectivity index (χ0v) is 39.6. The molecule has 0 aromatic rings. The number of carbonyl (C=O) groups is 3. The summed E-state index contributed by atoms with van der Waals surface area (Å²) in [6, 6.07) is 0. The maximum Gasteiger partial charge on any atom is 0.306 e. The molecule has 0 aliphatic heterocycles. The predicted molar refractivity (Wildman–Crippen MR) is 265 cm³/mol. The van der Waals surface area contributed by atoms with Gasteiger partial charge >= 0.3 is 17.9 Å². The maximum atomic E-state index is 12.7. The second kappa shape index (κ2) is 49.5. The maximum absolute atomic E-state index is 12.7. The number of hydrogen-bond acceptors (Lipinski definition) is 6. The van der Waals surface area contributed by atoms with Gasteiger partial charge in [-0.1, -0.05) is 200 Å². The van der Waals surface area contributed by atoms with E-state index in [1.165, 1.54) is 32.1 Å². The van der Waals surface area contributed by atoms with Gasteiger partial charge in [0.25, 0.3) is 0 Å². The molecule has 6 heteroatoms. The lowest BCUT2D eigenvalue weighted by Crippen LogP contribution is -2.30. The Morgan fingerprint density at radius 2 is 0.742 bits per heavy atom. The molecule has 0 radical (unpaired) electrons. The number of hydrogen-bond donors (Lipinski definition) is 0. The summed E-state index contributed by atoms with van der Waals surface area (Å²) in [5.74, 6) is -1.06. The van der Waals surface area contributed by atoms with Crippen LogP contribution < -0.4 is 0 Å². The van der Waals surface area contributed by atoms with Gasteiger partial charge in [-0.3, -0.25) is 14.4 Å². The predicted octanol–water partition coefficient (Wildman–Crippen LogP) is 16.1. The van der Waals surface area contributed by atoms with Gasteiger partial charge in [-0.25, -0.2) is 0 Å². The third-order valence-corrected chi connectivity index (χ3v) is 9.78. The minimum absolute atomic E-state index is 0.125. The van der Waals surface area contributed by atoms with E-state index >= 15 is 0 Å². The van der Waals surface area contributed by atoms with Crippen molar-refractivity contribution in [1.29, 1.82) is 0 Å². The van der Waals surface area contributed by atoms with Gasteiger partial charge in [0, 0.05) is 19.3 Å². The number of unbranched alkanes of at least 4 members (excludes halogenated alkanes) is 14. The molecule has 0 amide bonds. The molecule has 348 valence electrons. The molecule has 0 fully saturated rings. The zero-order valence-electron chi connectivity index (χ0n) is 39.6. The molecule has 0 aromatic carbocycles. The fourth-order valence-corrected chi connectivity index (χ4v) is 6.07. The van der Waals surface area contributed by atoms with E-state index in [9.17, 15) is 14.4 Å². The fourth-order valence-electron chi connectivity index (χ4n) is 6.07. The lowest BCUT2D eigenvalue weighted by molar-refractivity contribution is -0.166. The van der Waals surface area contributed by atoms with Crippen molar-refractivity contribution >= 4 is 17.9 Å². The summed E-state index contributed by atoms with van der Waals surface area (Å²) < 4.78 is 16.6. The highest BCUT2D eigenvalue weighted by Crippen LogP contribution is 2.11. The number of carbonyl (C=O) groups excluding carboxylic acids is 3. The Balaban J connectivity index is 4.56. The van der Waals surface area contributed by atoms with Crippen molar-refractivity contribution in [3.8, 4) is 0 Å². The first-order valence-corrected chi connectivity index (χ1v) is 24.6. The molecule has 6 nitrogen and oxygen atoms in total. The van der Waals surface area contributed by atoms with Crippen molar-refractivity contribution in [3.05, 3.63) is 122 Å². The van der Waals surface area contributed by atoms with E-state index in [-0.39, 0.29) is 31.6 Å². The summed E-state index contributed by atoms with van der Waals surface area (Å²) in [4.78, 5) is 37.8. The highest BCUT2D eigenvalue weighted by atomic mass is 16.6. The average molecular weight is 857 g/mol. The minimum Gasteiger partial charge on any atom is -0.462 e. The van der Waals surface area contributed by atoms with Crippen molar-refractivity contribution in [3.63, 3.8) is 0 Å². The van der Waals surface area contributed by atoms with Gasteiger partial charge in [0.2, 0.25) is 0 Å². The second-order valence-corrected chi connectivity index (χ2v) is 15.7. The van der Waals surface area contributed by atoms with E-state index in [1.807, 2.05) is 12.2 Å². The lowest BCUT2D eigenvalue weighted by atomic mass is 10.1. The SMILES string of the molecule is CC/C=C\C/C=C\C/C=C\C/C=C\C/C=C\CCC(=O)OC(COC(=O)CCCCCC/C=C\CCCC)COC(=O)CCCCCCC\C=C/C=C\C=C/C=C\CCCCC. The second-order valence-electron chi connectivity index (χ2n) is 15.7. The van der Waals surface area contributed by atoms with Crippen LogP contribution in [-0.2, 0) is 28.6 Å². The van der Waals surface area contributed by atoms with Crippen LogP contribution in [-0.4, -0.2) is 37.2 Å². The van der Waals surface area contributed by atoms with Crippen LogP contribution >= 0.6 is 0 Å². The summed E-state index contributed by atoms with van der Waals surface area (Å²) in [5, 5.41) is 0. The molecule has 62 heavy (non-hydrogen) atoms. The van der Waals surface area contributed by atoms with Gasteiger partial charge in [-0.2, -0.15) is 0 Å². The third-order valence-electron chi connectivity index (χ3n) is 9.78. The van der Waals surface area contributed by atoms with E-state index in [0.717, 1.165) is 116 Å². The van der Waals surface area contributed by atoms with Gasteiger partial charge in [0.1, 0.15) is 13.2 Å². The molecule has 0 aliphatic rings. The smallest absolute Gasteiger partial charge is 0.306 e. The van der Waals surface area contributed by atoms with Crippen molar-refractivity contribution in [2.75, 3.05) is 13.2 Å². The van der Waals surface area contributed by atoms with Crippen molar-refractivity contribution in [2.45, 2.75) is 200 Å². The van der Waals surface area contributed by atoms with Crippen LogP contribution in [0, 0.1) is 0 Å². The van der Waals surface area contributed by atoms with Crippen LogP contribution in [0.2, 0.25) is 0 Å². The summed E-state index contributed by atoms with van der Waals surface area (Å²) in [6.45, 7) is 6.32. The Labute approximate surface area is 380 Å². The van der Waals surface area contributed by atoms with E-state index in [0.29, 0.717) is 19.3 Å². The summed E-state index contributed by atoms with van der Waals surface area (Å²) in [7, 11) is 0. The molecule has 0 bridgehead atoms. The van der Waals surface area contributed by atoms with Crippen LogP contribution in [0.3, 0.4) is 0 Å². The van der Waals surface area contributed by atoms with E-state index < -0.39 is 12.1 Å². The molecule has 0 spiro atoms. The van der Waals surface area contributed by atoms with Crippen molar-refractivity contribution < 1.29 is 28.6 Å². The largest absolute Gasteiger partial charge is 0.462 e. The molecule has 0 rings (SSSR count). The summed E-state index contributed by atoms with van der Waals surface area (Å²) in [5.41, 5.74) is 0.